The molecule has 0 aliphatic heterocycles. The van der Waals surface area contributed by atoms with Crippen LogP contribution in [-0.4, -0.2) is 12.2 Å². The maximum absolute atomic E-state index is 12.1. The smallest absolute Gasteiger partial charge is 0.320 e. The minimum absolute atomic E-state index is 0. The van der Waals surface area contributed by atoms with Gasteiger partial charge in [-0.15, -0.1) is 12.4 Å². The minimum Gasteiger partial charge on any atom is -0.320 e. The normalized spacial score (nSPS) is 13.1. The van der Waals surface area contributed by atoms with Crippen molar-refractivity contribution in [2.75, 3.05) is 0 Å². The SMILES string of the molecule is Cl.NC(CCc1ccc(Cl)c(Cl)c1)C(F)(F)F. The molecule has 0 saturated carbocycles. The Hall–Kier alpha value is -0.160. The molecule has 0 aromatic heterocycles. The molecular formula is C10H11Cl3F3N. The van der Waals surface area contributed by atoms with E-state index in [9.17, 15) is 13.2 Å². The van der Waals surface area contributed by atoms with Crippen molar-refractivity contribution in [3.63, 3.8) is 0 Å². The van der Waals surface area contributed by atoms with Crippen molar-refractivity contribution in [1.82, 2.24) is 0 Å². The average molecular weight is 309 g/mol. The summed E-state index contributed by atoms with van der Waals surface area (Å²) >= 11 is 11.4. The van der Waals surface area contributed by atoms with Crippen molar-refractivity contribution in [3.05, 3.63) is 33.8 Å². The van der Waals surface area contributed by atoms with Gasteiger partial charge in [0.15, 0.2) is 0 Å². The van der Waals surface area contributed by atoms with Gasteiger partial charge in [-0.2, -0.15) is 13.2 Å². The predicted molar refractivity (Wildman–Crippen MR) is 66.1 cm³/mol. The molecule has 1 aromatic rings. The number of benzene rings is 1. The fourth-order valence-electron chi connectivity index (χ4n) is 1.18. The molecule has 0 heterocycles. The van der Waals surface area contributed by atoms with Crippen molar-refractivity contribution < 1.29 is 13.2 Å². The van der Waals surface area contributed by atoms with Crippen molar-refractivity contribution in [2.45, 2.75) is 25.1 Å². The van der Waals surface area contributed by atoms with E-state index in [1.54, 1.807) is 18.2 Å². The predicted octanol–water partition coefficient (Wildman–Crippen LogP) is 4.24. The zero-order valence-electron chi connectivity index (χ0n) is 8.60. The number of rotatable bonds is 3. The van der Waals surface area contributed by atoms with E-state index in [0.29, 0.717) is 15.6 Å². The van der Waals surface area contributed by atoms with E-state index in [2.05, 4.69) is 0 Å². The molecule has 1 rings (SSSR count). The summed E-state index contributed by atoms with van der Waals surface area (Å²) in [7, 11) is 0. The highest BCUT2D eigenvalue weighted by atomic mass is 35.5. The summed E-state index contributed by atoms with van der Waals surface area (Å²) in [6, 6.07) is 2.93. The van der Waals surface area contributed by atoms with Crippen LogP contribution in [-0.2, 0) is 6.42 Å². The zero-order chi connectivity index (χ0) is 12.3. The van der Waals surface area contributed by atoms with Crippen LogP contribution in [0.3, 0.4) is 0 Å². The molecule has 98 valence electrons. The van der Waals surface area contributed by atoms with Gasteiger partial charge in [0.25, 0.3) is 0 Å². The number of nitrogens with two attached hydrogens (primary N) is 1. The van der Waals surface area contributed by atoms with Crippen LogP contribution in [0.15, 0.2) is 18.2 Å². The van der Waals surface area contributed by atoms with Crippen molar-refractivity contribution in [3.8, 4) is 0 Å². The van der Waals surface area contributed by atoms with Gasteiger partial charge in [0.2, 0.25) is 0 Å². The lowest BCUT2D eigenvalue weighted by atomic mass is 10.1. The molecule has 0 bridgehead atoms. The van der Waals surface area contributed by atoms with Gasteiger partial charge in [-0.3, -0.25) is 0 Å². The standard InChI is InChI=1S/C10H10Cl2F3N.ClH/c11-7-3-1-6(5-8(7)12)2-4-9(16)10(13,14)15;/h1,3,5,9H,2,4,16H2;1H. The van der Waals surface area contributed by atoms with Gasteiger partial charge in [-0.1, -0.05) is 29.3 Å². The molecule has 7 heteroatoms. The summed E-state index contributed by atoms with van der Waals surface area (Å²) < 4.78 is 36.4. The van der Waals surface area contributed by atoms with Crippen LogP contribution >= 0.6 is 35.6 Å². The molecule has 1 unspecified atom stereocenters. The molecule has 0 aliphatic rings. The number of aryl methyl sites for hydroxylation is 1. The molecule has 17 heavy (non-hydrogen) atoms. The first-order valence-electron chi connectivity index (χ1n) is 4.57. The zero-order valence-corrected chi connectivity index (χ0v) is 10.9. The quantitative estimate of drug-likeness (QED) is 0.888. The lowest BCUT2D eigenvalue weighted by molar-refractivity contribution is -0.148. The second-order valence-electron chi connectivity index (χ2n) is 3.44. The van der Waals surface area contributed by atoms with Crippen LogP contribution in [0.1, 0.15) is 12.0 Å². The molecule has 0 radical (unpaired) electrons. The first kappa shape index (κ1) is 16.8. The molecule has 1 nitrogen and oxygen atoms in total. The topological polar surface area (TPSA) is 26.0 Å². The van der Waals surface area contributed by atoms with Crippen molar-refractivity contribution >= 4 is 35.6 Å². The third kappa shape index (κ3) is 5.34. The number of hydrogen-bond donors (Lipinski definition) is 1. The highest BCUT2D eigenvalue weighted by Gasteiger charge is 2.35. The molecule has 1 atom stereocenters. The van der Waals surface area contributed by atoms with E-state index in [4.69, 9.17) is 28.9 Å². The van der Waals surface area contributed by atoms with E-state index in [1.807, 2.05) is 0 Å². The minimum atomic E-state index is -4.35. The lowest BCUT2D eigenvalue weighted by Gasteiger charge is -2.15. The van der Waals surface area contributed by atoms with Crippen LogP contribution in [0, 0.1) is 0 Å². The van der Waals surface area contributed by atoms with Crippen LogP contribution in [0.4, 0.5) is 13.2 Å². The Morgan fingerprint density at radius 1 is 1.18 bits per heavy atom. The van der Waals surface area contributed by atoms with Gasteiger partial charge in [-0.25, -0.2) is 0 Å². The van der Waals surface area contributed by atoms with Gasteiger partial charge in [-0.05, 0) is 30.5 Å². The number of alkyl halides is 3. The summed E-state index contributed by atoms with van der Waals surface area (Å²) in [4.78, 5) is 0. The van der Waals surface area contributed by atoms with Gasteiger partial charge in [0.1, 0.15) is 6.04 Å². The Kier molecular flexibility index (Phi) is 6.62. The molecule has 0 saturated heterocycles. The fourth-order valence-corrected chi connectivity index (χ4v) is 1.50. The summed E-state index contributed by atoms with van der Waals surface area (Å²) in [6.07, 6.45) is -4.30. The summed E-state index contributed by atoms with van der Waals surface area (Å²) in [5.41, 5.74) is 5.67. The summed E-state index contributed by atoms with van der Waals surface area (Å²) in [5, 5.41) is 0.713. The number of hydrogen-bond acceptors (Lipinski definition) is 1. The van der Waals surface area contributed by atoms with Crippen LogP contribution in [0.2, 0.25) is 10.0 Å². The highest BCUT2D eigenvalue weighted by molar-refractivity contribution is 6.42. The average Bonchev–Trinajstić information content (AvgIpc) is 2.18. The third-order valence-electron chi connectivity index (χ3n) is 2.15. The van der Waals surface area contributed by atoms with Gasteiger partial charge < -0.3 is 5.73 Å². The molecule has 0 fully saturated rings. The Morgan fingerprint density at radius 2 is 1.76 bits per heavy atom. The fraction of sp³-hybridized carbons (Fsp3) is 0.400. The van der Waals surface area contributed by atoms with E-state index < -0.39 is 12.2 Å². The maximum atomic E-state index is 12.1. The van der Waals surface area contributed by atoms with Gasteiger partial charge in [0.05, 0.1) is 10.0 Å². The maximum Gasteiger partial charge on any atom is 0.403 e. The largest absolute Gasteiger partial charge is 0.403 e. The molecule has 0 spiro atoms. The van der Waals surface area contributed by atoms with Gasteiger partial charge >= 0.3 is 6.18 Å². The second-order valence-corrected chi connectivity index (χ2v) is 4.25. The molecule has 1 aromatic carbocycles. The van der Waals surface area contributed by atoms with Gasteiger partial charge in [0, 0.05) is 0 Å². The molecule has 0 aliphatic carbocycles. The van der Waals surface area contributed by atoms with Crippen LogP contribution < -0.4 is 5.73 Å². The summed E-state index contributed by atoms with van der Waals surface area (Å²) in [5.74, 6) is 0. The lowest BCUT2D eigenvalue weighted by Crippen LogP contribution is -2.37. The first-order chi connectivity index (χ1) is 7.30. The highest BCUT2D eigenvalue weighted by Crippen LogP contribution is 2.25. The Morgan fingerprint density at radius 3 is 2.24 bits per heavy atom. The van der Waals surface area contributed by atoms with E-state index >= 15 is 0 Å². The van der Waals surface area contributed by atoms with Crippen LogP contribution in [0.25, 0.3) is 0 Å². The first-order valence-corrected chi connectivity index (χ1v) is 5.32. The third-order valence-corrected chi connectivity index (χ3v) is 2.89. The Bertz CT molecular complexity index is 368. The van der Waals surface area contributed by atoms with E-state index in [0.717, 1.165) is 0 Å². The Balaban J connectivity index is 0.00000256. The van der Waals surface area contributed by atoms with Crippen molar-refractivity contribution in [2.24, 2.45) is 5.73 Å². The van der Waals surface area contributed by atoms with E-state index in [1.165, 1.54) is 0 Å². The second kappa shape index (κ2) is 6.69. The molecule has 0 amide bonds. The molecule has 2 N–H and O–H groups in total. The van der Waals surface area contributed by atoms with Crippen molar-refractivity contribution in [1.29, 1.82) is 0 Å². The monoisotopic (exact) mass is 307 g/mol. The number of halogens is 6. The molecular weight excluding hydrogens is 297 g/mol. The summed E-state index contributed by atoms with van der Waals surface area (Å²) in [6.45, 7) is 0. The Labute approximate surface area is 113 Å². The van der Waals surface area contributed by atoms with E-state index in [-0.39, 0.29) is 25.2 Å². The van der Waals surface area contributed by atoms with Crippen LogP contribution in [0.5, 0.6) is 0 Å².